The zero-order chi connectivity index (χ0) is 21.4. The van der Waals surface area contributed by atoms with Gasteiger partial charge in [0, 0.05) is 32.8 Å². The molecule has 1 fully saturated rings. The number of aromatic nitrogens is 1. The van der Waals surface area contributed by atoms with E-state index in [9.17, 15) is 14.4 Å². The van der Waals surface area contributed by atoms with Gasteiger partial charge < -0.3 is 19.7 Å². The molecule has 2 atom stereocenters. The van der Waals surface area contributed by atoms with Crippen molar-refractivity contribution in [2.45, 2.75) is 19.1 Å². The van der Waals surface area contributed by atoms with Gasteiger partial charge in [0.25, 0.3) is 5.91 Å². The van der Waals surface area contributed by atoms with Crippen LogP contribution in [0.15, 0.2) is 36.5 Å². The molecule has 2 aliphatic heterocycles. The van der Waals surface area contributed by atoms with E-state index in [1.807, 2.05) is 18.2 Å². The van der Waals surface area contributed by atoms with E-state index in [4.69, 9.17) is 9.47 Å². The average molecular weight is 410 g/mol. The molecule has 1 aromatic carbocycles. The Morgan fingerprint density at radius 2 is 2.00 bits per heavy atom. The van der Waals surface area contributed by atoms with Crippen LogP contribution in [0.5, 0.6) is 5.75 Å². The second-order valence-electron chi connectivity index (χ2n) is 7.42. The molecule has 9 nitrogen and oxygen atoms in total. The van der Waals surface area contributed by atoms with Crippen molar-refractivity contribution in [1.82, 2.24) is 15.2 Å². The highest BCUT2D eigenvalue weighted by molar-refractivity contribution is 5.94. The Kier molecular flexibility index (Phi) is 5.03. The molecule has 3 amide bonds. The summed E-state index contributed by atoms with van der Waals surface area (Å²) >= 11 is 0. The average Bonchev–Trinajstić information content (AvgIpc) is 3.07. The Balaban J connectivity index is 1.56. The molecule has 1 aromatic heterocycles. The van der Waals surface area contributed by atoms with Crippen LogP contribution >= 0.6 is 0 Å². The fraction of sp³-hybridized carbons (Fsp3) is 0.333. The van der Waals surface area contributed by atoms with Crippen molar-refractivity contribution < 1.29 is 23.9 Å². The Labute approximate surface area is 173 Å². The molecular weight excluding hydrogens is 388 g/mol. The summed E-state index contributed by atoms with van der Waals surface area (Å²) in [6.45, 7) is 1.92. The van der Waals surface area contributed by atoms with Crippen LogP contribution in [-0.2, 0) is 9.53 Å². The van der Waals surface area contributed by atoms with Crippen molar-refractivity contribution in [2.24, 2.45) is 0 Å². The fourth-order valence-corrected chi connectivity index (χ4v) is 3.55. The molecular formula is C21H22N4O5. The van der Waals surface area contributed by atoms with E-state index in [0.29, 0.717) is 17.1 Å². The number of anilines is 1. The van der Waals surface area contributed by atoms with E-state index in [-0.39, 0.29) is 31.0 Å². The summed E-state index contributed by atoms with van der Waals surface area (Å²) in [6, 6.07) is 8.70. The van der Waals surface area contributed by atoms with Crippen molar-refractivity contribution in [3.8, 4) is 16.9 Å². The van der Waals surface area contributed by atoms with Gasteiger partial charge in [-0.05, 0) is 23.8 Å². The lowest BCUT2D eigenvalue weighted by molar-refractivity contribution is -0.119. The molecule has 0 spiro atoms. The van der Waals surface area contributed by atoms with Gasteiger partial charge in [0.1, 0.15) is 30.2 Å². The molecule has 30 heavy (non-hydrogen) atoms. The topological polar surface area (TPSA) is 101 Å². The van der Waals surface area contributed by atoms with Gasteiger partial charge >= 0.3 is 6.09 Å². The van der Waals surface area contributed by atoms with Crippen LogP contribution in [0.3, 0.4) is 0 Å². The summed E-state index contributed by atoms with van der Waals surface area (Å²) in [6.07, 6.45) is 0.707. The van der Waals surface area contributed by atoms with Crippen LogP contribution in [0, 0.1) is 0 Å². The third kappa shape index (κ3) is 3.54. The maximum absolute atomic E-state index is 12.4. The number of rotatable bonds is 4. The van der Waals surface area contributed by atoms with Gasteiger partial charge in [-0.1, -0.05) is 12.1 Å². The lowest BCUT2D eigenvalue weighted by atomic mass is 10.0. The second-order valence-corrected chi connectivity index (χ2v) is 7.42. The number of amides is 3. The van der Waals surface area contributed by atoms with Crippen LogP contribution in [-0.4, -0.2) is 67.2 Å². The van der Waals surface area contributed by atoms with Crippen LogP contribution in [0.25, 0.3) is 11.1 Å². The Bertz CT molecular complexity index is 1000. The molecule has 0 bridgehead atoms. The van der Waals surface area contributed by atoms with E-state index in [0.717, 1.165) is 11.1 Å². The van der Waals surface area contributed by atoms with Crippen molar-refractivity contribution in [2.75, 3.05) is 32.1 Å². The predicted octanol–water partition coefficient (Wildman–Crippen LogP) is 1.67. The van der Waals surface area contributed by atoms with Crippen LogP contribution in [0.2, 0.25) is 0 Å². The van der Waals surface area contributed by atoms with Gasteiger partial charge in [0.15, 0.2) is 0 Å². The van der Waals surface area contributed by atoms with Crippen LogP contribution in [0.1, 0.15) is 17.4 Å². The van der Waals surface area contributed by atoms with E-state index in [2.05, 4.69) is 10.3 Å². The van der Waals surface area contributed by atoms with Gasteiger partial charge in [0.2, 0.25) is 5.91 Å². The van der Waals surface area contributed by atoms with Crippen LogP contribution in [0.4, 0.5) is 10.5 Å². The summed E-state index contributed by atoms with van der Waals surface area (Å²) in [5.74, 6) is 0.218. The molecule has 1 N–H and O–H groups in total. The highest BCUT2D eigenvalue weighted by Crippen LogP contribution is 2.40. The first-order valence-corrected chi connectivity index (χ1v) is 9.54. The minimum Gasteiger partial charge on any atom is -0.489 e. The molecule has 0 radical (unpaired) electrons. The van der Waals surface area contributed by atoms with E-state index < -0.39 is 12.2 Å². The van der Waals surface area contributed by atoms with Gasteiger partial charge in [-0.2, -0.15) is 0 Å². The number of fused-ring (bicyclic) bond motifs is 3. The lowest BCUT2D eigenvalue weighted by Gasteiger charge is -2.31. The quantitative estimate of drug-likeness (QED) is 0.823. The smallest absolute Gasteiger partial charge is 0.415 e. The van der Waals surface area contributed by atoms with E-state index in [1.54, 1.807) is 37.3 Å². The molecule has 0 saturated carbocycles. The predicted molar refractivity (Wildman–Crippen MR) is 108 cm³/mol. The molecule has 2 aromatic rings. The highest BCUT2D eigenvalue weighted by atomic mass is 16.6. The number of cyclic esters (lactones) is 1. The zero-order valence-corrected chi connectivity index (χ0v) is 16.9. The standard InChI is InChI=1S/C21H22N4O5/c1-12(26)22-10-19-17-11-29-18-8-13(5-7-16(18)25(17)21(28)30-19)14-4-6-15(23-9-14)20(27)24(2)3/h4-9,17,19H,10-11H2,1-3H3,(H,22,26)/t17-,19-/m0/s1. The maximum atomic E-state index is 12.4. The molecule has 2 aliphatic rings. The third-order valence-electron chi connectivity index (χ3n) is 5.11. The SMILES string of the molecule is CC(=O)NC[C@@H]1OC(=O)N2c3ccc(-c4ccc(C(=O)N(C)C)nc4)cc3OC[C@@H]12. The number of carbonyl (C=O) groups excluding carboxylic acids is 3. The molecule has 156 valence electrons. The Morgan fingerprint density at radius 1 is 1.23 bits per heavy atom. The zero-order valence-electron chi connectivity index (χ0n) is 16.9. The van der Waals surface area contributed by atoms with Gasteiger partial charge in [0.05, 0.1) is 12.2 Å². The van der Waals surface area contributed by atoms with Crippen LogP contribution < -0.4 is 15.0 Å². The number of nitrogens with zero attached hydrogens (tertiary/aromatic N) is 3. The van der Waals surface area contributed by atoms with E-state index in [1.165, 1.54) is 11.8 Å². The Hall–Kier alpha value is -3.62. The largest absolute Gasteiger partial charge is 0.489 e. The van der Waals surface area contributed by atoms with Crippen molar-refractivity contribution >= 4 is 23.6 Å². The third-order valence-corrected chi connectivity index (χ3v) is 5.11. The van der Waals surface area contributed by atoms with Gasteiger partial charge in [-0.15, -0.1) is 0 Å². The number of nitrogens with one attached hydrogen (secondary N) is 1. The summed E-state index contributed by atoms with van der Waals surface area (Å²) in [5, 5.41) is 2.68. The molecule has 3 heterocycles. The van der Waals surface area contributed by atoms with Crippen molar-refractivity contribution in [3.05, 3.63) is 42.2 Å². The number of hydrogen-bond donors (Lipinski definition) is 1. The monoisotopic (exact) mass is 410 g/mol. The number of ether oxygens (including phenoxy) is 2. The summed E-state index contributed by atoms with van der Waals surface area (Å²) < 4.78 is 11.3. The van der Waals surface area contributed by atoms with Crippen molar-refractivity contribution in [1.29, 1.82) is 0 Å². The summed E-state index contributed by atoms with van der Waals surface area (Å²) in [4.78, 5) is 42.9. The first-order valence-electron chi connectivity index (χ1n) is 9.54. The lowest BCUT2D eigenvalue weighted by Crippen LogP contribution is -2.47. The summed E-state index contributed by atoms with van der Waals surface area (Å²) in [5.41, 5.74) is 2.67. The number of carbonyl (C=O) groups is 3. The normalized spacial score (nSPS) is 19.3. The second kappa shape index (κ2) is 7.66. The van der Waals surface area contributed by atoms with E-state index >= 15 is 0 Å². The summed E-state index contributed by atoms with van der Waals surface area (Å²) in [7, 11) is 3.35. The molecule has 0 unspecified atom stereocenters. The first-order chi connectivity index (χ1) is 14.3. The molecule has 4 rings (SSSR count). The van der Waals surface area contributed by atoms with Gasteiger partial charge in [-0.25, -0.2) is 4.79 Å². The number of pyridine rings is 1. The first kappa shape index (κ1) is 19.7. The maximum Gasteiger partial charge on any atom is 0.415 e. The highest BCUT2D eigenvalue weighted by Gasteiger charge is 2.46. The van der Waals surface area contributed by atoms with Gasteiger partial charge in [-0.3, -0.25) is 19.5 Å². The Morgan fingerprint density at radius 3 is 2.67 bits per heavy atom. The minimum absolute atomic E-state index is 0.164. The van der Waals surface area contributed by atoms with Crippen molar-refractivity contribution in [3.63, 3.8) is 0 Å². The molecule has 1 saturated heterocycles. The number of hydrogen-bond acceptors (Lipinski definition) is 6. The molecule has 9 heteroatoms. The molecule has 0 aliphatic carbocycles. The minimum atomic E-state index is -0.472. The fourth-order valence-electron chi connectivity index (χ4n) is 3.55. The number of benzene rings is 1.